The van der Waals surface area contributed by atoms with Crippen molar-refractivity contribution in [2.75, 3.05) is 18.4 Å². The molecule has 1 fully saturated rings. The zero-order valence-electron chi connectivity index (χ0n) is 19.1. The fourth-order valence-corrected chi connectivity index (χ4v) is 4.18. The van der Waals surface area contributed by atoms with Gasteiger partial charge in [0.15, 0.2) is 0 Å². The molecule has 0 aliphatic carbocycles. The van der Waals surface area contributed by atoms with Gasteiger partial charge in [-0.25, -0.2) is 0 Å². The Morgan fingerprint density at radius 3 is 2.07 bits per heavy atom. The van der Waals surface area contributed by atoms with Gasteiger partial charge in [-0.05, 0) is 43.9 Å². The van der Waals surface area contributed by atoms with E-state index in [1.54, 1.807) is 0 Å². The summed E-state index contributed by atoms with van der Waals surface area (Å²) >= 11 is 0. The lowest BCUT2D eigenvalue weighted by Gasteiger charge is -2.26. The number of piperidine rings is 1. The largest absolute Gasteiger partial charge is 0.339 e. The first-order valence-corrected chi connectivity index (χ1v) is 12.4. The average molecular weight is 415 g/mol. The summed E-state index contributed by atoms with van der Waals surface area (Å²) in [6.45, 7) is 3.94. The van der Waals surface area contributed by atoms with Gasteiger partial charge < -0.3 is 10.2 Å². The van der Waals surface area contributed by atoms with E-state index in [1.165, 1.54) is 64.2 Å². The normalized spacial score (nSPS) is 14.0. The van der Waals surface area contributed by atoms with Crippen LogP contribution in [0.2, 0.25) is 0 Å². The van der Waals surface area contributed by atoms with Crippen LogP contribution in [0.1, 0.15) is 114 Å². The second kappa shape index (κ2) is 15.0. The Morgan fingerprint density at radius 2 is 1.43 bits per heavy atom. The van der Waals surface area contributed by atoms with E-state index < -0.39 is 0 Å². The number of hydrogen-bond acceptors (Lipinski definition) is 2. The van der Waals surface area contributed by atoms with E-state index in [4.69, 9.17) is 0 Å². The van der Waals surface area contributed by atoms with Crippen molar-refractivity contribution in [2.24, 2.45) is 0 Å². The molecular formula is C26H42N2O2. The van der Waals surface area contributed by atoms with E-state index in [0.29, 0.717) is 12.0 Å². The fraction of sp³-hybridized carbons (Fsp3) is 0.692. The van der Waals surface area contributed by atoms with Gasteiger partial charge in [0.1, 0.15) is 0 Å². The molecule has 1 aliphatic rings. The number of nitrogens with one attached hydrogen (secondary N) is 1. The van der Waals surface area contributed by atoms with Gasteiger partial charge in [-0.1, -0.05) is 77.2 Å². The topological polar surface area (TPSA) is 49.4 Å². The summed E-state index contributed by atoms with van der Waals surface area (Å²) in [6, 6.07) is 7.38. The molecule has 0 unspecified atom stereocenters. The first kappa shape index (κ1) is 24.4. The lowest BCUT2D eigenvalue weighted by Crippen LogP contribution is -2.35. The number of rotatable bonds is 14. The summed E-state index contributed by atoms with van der Waals surface area (Å²) in [4.78, 5) is 26.8. The predicted molar refractivity (Wildman–Crippen MR) is 126 cm³/mol. The molecule has 1 aromatic carbocycles. The third kappa shape index (κ3) is 9.77. The van der Waals surface area contributed by atoms with Crippen molar-refractivity contribution in [3.63, 3.8) is 0 Å². The van der Waals surface area contributed by atoms with Gasteiger partial charge in [0.05, 0.1) is 0 Å². The highest BCUT2D eigenvalue weighted by Gasteiger charge is 2.18. The Kier molecular flexibility index (Phi) is 12.2. The Bertz CT molecular complexity index is 623. The lowest BCUT2D eigenvalue weighted by molar-refractivity contribution is -0.116. The maximum absolute atomic E-state index is 12.6. The van der Waals surface area contributed by atoms with Crippen LogP contribution in [0.4, 0.5) is 5.69 Å². The molecule has 2 rings (SSSR count). The summed E-state index contributed by atoms with van der Waals surface area (Å²) in [6.07, 6.45) is 18.0. The van der Waals surface area contributed by atoms with Crippen molar-refractivity contribution in [2.45, 2.75) is 103 Å². The molecule has 1 saturated heterocycles. The number of hydrogen-bond donors (Lipinski definition) is 1. The predicted octanol–water partition coefficient (Wildman–Crippen LogP) is 6.95. The van der Waals surface area contributed by atoms with Crippen LogP contribution in [0.5, 0.6) is 0 Å². The summed E-state index contributed by atoms with van der Waals surface area (Å²) in [5, 5.41) is 2.97. The second-order valence-corrected chi connectivity index (χ2v) is 8.77. The fourth-order valence-electron chi connectivity index (χ4n) is 4.18. The quantitative estimate of drug-likeness (QED) is 0.335. The van der Waals surface area contributed by atoms with Gasteiger partial charge in [-0.3, -0.25) is 9.59 Å². The molecular weight excluding hydrogens is 372 g/mol. The maximum atomic E-state index is 12.6. The zero-order chi connectivity index (χ0) is 21.4. The SMILES string of the molecule is CCCCCCCCCCCCCC(=O)Nc1cccc(C(=O)N2CCCCC2)c1. The van der Waals surface area contributed by atoms with Gasteiger partial charge in [-0.15, -0.1) is 0 Å². The Labute approximate surface area is 183 Å². The standard InChI is InChI=1S/C26H42N2O2/c1-2-3-4-5-6-7-8-9-10-11-13-19-25(29)27-24-18-16-17-23(22-24)26(30)28-20-14-12-15-21-28/h16-18,22H,2-15,19-21H2,1H3,(H,27,29). The molecule has 1 N–H and O–H groups in total. The van der Waals surface area contributed by atoms with Crippen molar-refractivity contribution in [3.05, 3.63) is 29.8 Å². The van der Waals surface area contributed by atoms with E-state index in [0.717, 1.165) is 44.5 Å². The minimum atomic E-state index is 0.0495. The maximum Gasteiger partial charge on any atom is 0.253 e. The smallest absolute Gasteiger partial charge is 0.253 e. The van der Waals surface area contributed by atoms with Crippen LogP contribution in [0, 0.1) is 0 Å². The van der Waals surface area contributed by atoms with Gasteiger partial charge in [0.2, 0.25) is 5.91 Å². The summed E-state index contributed by atoms with van der Waals surface area (Å²) in [7, 11) is 0. The van der Waals surface area contributed by atoms with Crippen LogP contribution < -0.4 is 5.32 Å². The minimum absolute atomic E-state index is 0.0495. The summed E-state index contributed by atoms with van der Waals surface area (Å²) in [5.74, 6) is 0.129. The third-order valence-corrected chi connectivity index (χ3v) is 6.04. The summed E-state index contributed by atoms with van der Waals surface area (Å²) in [5.41, 5.74) is 1.40. The van der Waals surface area contributed by atoms with Crippen LogP contribution in [0.3, 0.4) is 0 Å². The van der Waals surface area contributed by atoms with Gasteiger partial charge in [0.25, 0.3) is 5.91 Å². The molecule has 0 aromatic heterocycles. The second-order valence-electron chi connectivity index (χ2n) is 8.77. The van der Waals surface area contributed by atoms with Crippen molar-refractivity contribution in [1.82, 2.24) is 4.90 Å². The molecule has 1 heterocycles. The number of likely N-dealkylation sites (tertiary alicyclic amines) is 1. The molecule has 1 aromatic rings. The molecule has 0 radical (unpaired) electrons. The number of anilines is 1. The number of unbranched alkanes of at least 4 members (excludes halogenated alkanes) is 10. The van der Waals surface area contributed by atoms with E-state index in [9.17, 15) is 9.59 Å². The molecule has 168 valence electrons. The Balaban J connectivity index is 1.57. The minimum Gasteiger partial charge on any atom is -0.339 e. The van der Waals surface area contributed by atoms with Crippen molar-refractivity contribution >= 4 is 17.5 Å². The number of amides is 2. The number of carbonyl (C=O) groups is 2. The molecule has 0 bridgehead atoms. The van der Waals surface area contributed by atoms with Crippen LogP contribution in [-0.4, -0.2) is 29.8 Å². The van der Waals surface area contributed by atoms with Crippen LogP contribution in [0.25, 0.3) is 0 Å². The van der Waals surface area contributed by atoms with Crippen molar-refractivity contribution < 1.29 is 9.59 Å². The van der Waals surface area contributed by atoms with E-state index in [2.05, 4.69) is 12.2 Å². The highest BCUT2D eigenvalue weighted by Crippen LogP contribution is 2.17. The number of benzene rings is 1. The van der Waals surface area contributed by atoms with E-state index in [-0.39, 0.29) is 11.8 Å². The molecule has 30 heavy (non-hydrogen) atoms. The molecule has 0 spiro atoms. The molecule has 4 heteroatoms. The van der Waals surface area contributed by atoms with Gasteiger partial charge in [-0.2, -0.15) is 0 Å². The first-order valence-electron chi connectivity index (χ1n) is 12.4. The Morgan fingerprint density at radius 1 is 0.833 bits per heavy atom. The molecule has 1 aliphatic heterocycles. The van der Waals surface area contributed by atoms with E-state index >= 15 is 0 Å². The number of carbonyl (C=O) groups excluding carboxylic acids is 2. The van der Waals surface area contributed by atoms with Crippen molar-refractivity contribution in [3.8, 4) is 0 Å². The highest BCUT2D eigenvalue weighted by molar-refractivity contribution is 5.97. The van der Waals surface area contributed by atoms with Crippen LogP contribution in [0.15, 0.2) is 24.3 Å². The van der Waals surface area contributed by atoms with Gasteiger partial charge >= 0.3 is 0 Å². The molecule has 0 atom stereocenters. The monoisotopic (exact) mass is 414 g/mol. The molecule has 4 nitrogen and oxygen atoms in total. The number of nitrogens with zero attached hydrogens (tertiary/aromatic N) is 1. The lowest BCUT2D eigenvalue weighted by atomic mass is 10.1. The van der Waals surface area contributed by atoms with Crippen LogP contribution >= 0.6 is 0 Å². The van der Waals surface area contributed by atoms with Crippen molar-refractivity contribution in [1.29, 1.82) is 0 Å². The highest BCUT2D eigenvalue weighted by atomic mass is 16.2. The van der Waals surface area contributed by atoms with Gasteiger partial charge in [0, 0.05) is 30.8 Å². The summed E-state index contributed by atoms with van der Waals surface area (Å²) < 4.78 is 0. The molecule has 0 saturated carbocycles. The third-order valence-electron chi connectivity index (χ3n) is 6.04. The van der Waals surface area contributed by atoms with Crippen LogP contribution in [-0.2, 0) is 4.79 Å². The zero-order valence-corrected chi connectivity index (χ0v) is 19.1. The first-order chi connectivity index (χ1) is 14.7. The average Bonchev–Trinajstić information content (AvgIpc) is 2.77. The Hall–Kier alpha value is -1.84. The molecule has 2 amide bonds. The van der Waals surface area contributed by atoms with E-state index in [1.807, 2.05) is 29.2 Å².